The first-order valence-corrected chi connectivity index (χ1v) is 19.2. The topological polar surface area (TPSA) is 213 Å². The standard InChI is InChI=1S/C38H50N6O5.C4H3NO2/c1-38(2,3)43-37(49)32-20-26-14-7-8-15-27(26)22-44(32)23-33(45)30(19-24-11-5-4-6-12-24)41-36(48)31(21-34(39)46)42-35(47)29-18-17-25-13-9-10-16-28(25)40-29;6-3-1-2-4(7)5-3/h4-6,9-13,16-18,26-27,30-33,45H,7-8,14-15,19-23H2,1-3H3,(H2,39,46)(H,41,48)(H,42,47)(H,43,49);1-2H,(H,5,6,7)/t26-,27+,30-,31-,32-,33+;/m0./s1. The number of nitrogens with two attached hydrogens (primary N) is 1. The fourth-order valence-electron chi connectivity index (χ4n) is 7.62. The molecule has 56 heavy (non-hydrogen) atoms. The zero-order chi connectivity index (χ0) is 40.4. The number of hydrogen-bond donors (Lipinski definition) is 6. The van der Waals surface area contributed by atoms with Gasteiger partial charge in [-0.2, -0.15) is 0 Å². The predicted octanol–water partition coefficient (Wildman–Crippen LogP) is 2.29. The molecule has 2 aliphatic heterocycles. The fourth-order valence-corrected chi connectivity index (χ4v) is 7.62. The summed E-state index contributed by atoms with van der Waals surface area (Å²) in [5.41, 5.74) is 6.70. The summed E-state index contributed by atoms with van der Waals surface area (Å²) in [4.78, 5) is 79.3. The van der Waals surface area contributed by atoms with Crippen LogP contribution in [0.4, 0.5) is 0 Å². The van der Waals surface area contributed by atoms with Crippen LogP contribution in [0.15, 0.2) is 78.9 Å². The third kappa shape index (κ3) is 12.0. The van der Waals surface area contributed by atoms with Crippen molar-refractivity contribution in [2.45, 2.75) is 95.5 Å². The van der Waals surface area contributed by atoms with E-state index in [2.05, 4.69) is 25.8 Å². The first-order valence-electron chi connectivity index (χ1n) is 19.2. The third-order valence-corrected chi connectivity index (χ3v) is 10.3. The lowest BCUT2D eigenvalue weighted by Gasteiger charge is -2.47. The Kier molecular flexibility index (Phi) is 14.1. The molecular weight excluding hydrogens is 715 g/mol. The van der Waals surface area contributed by atoms with E-state index in [9.17, 15) is 33.9 Å². The lowest BCUT2D eigenvalue weighted by Crippen LogP contribution is -2.61. The molecule has 1 saturated carbocycles. The third-order valence-electron chi connectivity index (χ3n) is 10.3. The van der Waals surface area contributed by atoms with Crippen molar-refractivity contribution in [3.63, 3.8) is 0 Å². The van der Waals surface area contributed by atoms with Crippen LogP contribution in [0.2, 0.25) is 0 Å². The molecule has 14 heteroatoms. The molecule has 0 radical (unpaired) electrons. The van der Waals surface area contributed by atoms with Gasteiger partial charge >= 0.3 is 0 Å². The molecule has 1 saturated heterocycles. The number of aliphatic hydroxyl groups excluding tert-OH is 1. The lowest BCUT2D eigenvalue weighted by atomic mass is 9.72. The molecule has 2 fully saturated rings. The molecule has 6 rings (SSSR count). The summed E-state index contributed by atoms with van der Waals surface area (Å²) in [6, 6.07) is 17.6. The summed E-state index contributed by atoms with van der Waals surface area (Å²) in [7, 11) is 0. The van der Waals surface area contributed by atoms with E-state index in [0.717, 1.165) is 36.6 Å². The van der Waals surface area contributed by atoms with Crippen molar-refractivity contribution >= 4 is 46.3 Å². The van der Waals surface area contributed by atoms with Crippen molar-refractivity contribution in [3.05, 3.63) is 90.1 Å². The minimum Gasteiger partial charge on any atom is -0.390 e. The highest BCUT2D eigenvalue weighted by atomic mass is 16.3. The quantitative estimate of drug-likeness (QED) is 0.149. The Morgan fingerprint density at radius 2 is 1.57 bits per heavy atom. The number of primary amides is 1. The van der Waals surface area contributed by atoms with Crippen LogP contribution in [0.1, 0.15) is 75.3 Å². The number of hydrogen-bond acceptors (Lipinski definition) is 9. The first kappa shape index (κ1) is 41.7. The normalized spacial score (nSPS) is 21.0. The fraction of sp³-hybridized carbons (Fsp3) is 0.452. The Bertz CT molecular complexity index is 1910. The number of benzene rings is 2. The van der Waals surface area contributed by atoms with Crippen molar-refractivity contribution in [1.82, 2.24) is 31.2 Å². The Morgan fingerprint density at radius 1 is 0.911 bits per heavy atom. The van der Waals surface area contributed by atoms with Gasteiger partial charge in [0.15, 0.2) is 0 Å². The highest BCUT2D eigenvalue weighted by molar-refractivity contribution is 6.12. The van der Waals surface area contributed by atoms with Crippen LogP contribution in [0.3, 0.4) is 0 Å². The maximum Gasteiger partial charge on any atom is 0.270 e. The number of nitrogens with one attached hydrogen (secondary N) is 4. The van der Waals surface area contributed by atoms with Gasteiger partial charge < -0.3 is 26.8 Å². The maximum absolute atomic E-state index is 13.8. The molecule has 1 aromatic heterocycles. The van der Waals surface area contributed by atoms with Gasteiger partial charge in [-0.25, -0.2) is 4.98 Å². The molecule has 0 spiro atoms. The second kappa shape index (κ2) is 18.9. The smallest absolute Gasteiger partial charge is 0.270 e. The molecule has 298 valence electrons. The van der Waals surface area contributed by atoms with Gasteiger partial charge in [0, 0.05) is 36.2 Å². The van der Waals surface area contributed by atoms with E-state index in [-0.39, 0.29) is 36.4 Å². The van der Waals surface area contributed by atoms with Crippen molar-refractivity contribution in [2.75, 3.05) is 13.1 Å². The molecule has 2 aromatic carbocycles. The van der Waals surface area contributed by atoms with Gasteiger partial charge in [0.05, 0.1) is 30.1 Å². The van der Waals surface area contributed by atoms with Crippen molar-refractivity contribution in [3.8, 4) is 0 Å². The maximum atomic E-state index is 13.8. The van der Waals surface area contributed by atoms with E-state index < -0.39 is 53.9 Å². The number of likely N-dealkylation sites (tertiary alicyclic amines) is 1. The number of β-amino-alcohol motifs (C(OH)–C–C–N with tert-alkyl or cyclic N) is 1. The van der Waals surface area contributed by atoms with Crippen molar-refractivity contribution in [1.29, 1.82) is 0 Å². The number of piperidine rings is 1. The number of carbonyl (C=O) groups is 6. The number of pyridine rings is 1. The molecule has 6 atom stereocenters. The summed E-state index contributed by atoms with van der Waals surface area (Å²) in [5.74, 6) is -1.85. The summed E-state index contributed by atoms with van der Waals surface area (Å²) >= 11 is 0. The van der Waals surface area contributed by atoms with Crippen LogP contribution >= 0.6 is 0 Å². The minimum atomic E-state index is -1.30. The largest absolute Gasteiger partial charge is 0.390 e. The zero-order valence-electron chi connectivity index (χ0n) is 32.2. The van der Waals surface area contributed by atoms with Crippen LogP contribution in [0.25, 0.3) is 10.9 Å². The monoisotopic (exact) mass is 767 g/mol. The highest BCUT2D eigenvalue weighted by Gasteiger charge is 2.42. The number of aromatic nitrogens is 1. The molecule has 0 bridgehead atoms. The summed E-state index contributed by atoms with van der Waals surface area (Å²) < 4.78 is 0. The molecule has 14 nitrogen and oxygen atoms in total. The van der Waals surface area contributed by atoms with Gasteiger partial charge in [0.1, 0.15) is 11.7 Å². The number of aliphatic hydroxyl groups is 1. The second-order valence-corrected chi connectivity index (χ2v) is 15.9. The van der Waals surface area contributed by atoms with Crippen molar-refractivity contribution < 1.29 is 33.9 Å². The van der Waals surface area contributed by atoms with E-state index in [1.807, 2.05) is 74.6 Å². The van der Waals surface area contributed by atoms with Crippen LogP contribution < -0.4 is 27.0 Å². The Morgan fingerprint density at radius 3 is 2.21 bits per heavy atom. The molecule has 3 aliphatic rings. The van der Waals surface area contributed by atoms with Crippen LogP contribution in [0, 0.1) is 11.8 Å². The van der Waals surface area contributed by atoms with E-state index in [1.54, 1.807) is 18.2 Å². The molecular formula is C42H53N7O7. The molecule has 6 amide bonds. The number of rotatable bonds is 12. The number of imide groups is 1. The summed E-state index contributed by atoms with van der Waals surface area (Å²) in [6.07, 6.45) is 6.42. The van der Waals surface area contributed by atoms with Gasteiger partial charge in [-0.1, -0.05) is 73.9 Å². The van der Waals surface area contributed by atoms with E-state index in [0.29, 0.717) is 23.9 Å². The lowest BCUT2D eigenvalue weighted by molar-refractivity contribution is -0.133. The molecule has 3 heterocycles. The van der Waals surface area contributed by atoms with Gasteiger partial charge in [0.2, 0.25) is 17.7 Å². The van der Waals surface area contributed by atoms with E-state index >= 15 is 0 Å². The van der Waals surface area contributed by atoms with Gasteiger partial charge in [-0.05, 0) is 69.6 Å². The second-order valence-electron chi connectivity index (χ2n) is 15.9. The SMILES string of the molecule is CC(C)(C)NC(=O)[C@@H]1C[C@@H]2CCCC[C@@H]2CN1C[C@@H](O)[C@H](Cc1ccccc1)NC(=O)[C@H](CC(N)=O)NC(=O)c1ccc2ccccc2n1.O=C1C=CC(=O)N1. The molecule has 0 unspecified atom stereocenters. The summed E-state index contributed by atoms with van der Waals surface area (Å²) in [5, 5.41) is 23.4. The van der Waals surface area contributed by atoms with Crippen molar-refractivity contribution in [2.24, 2.45) is 17.6 Å². The minimum absolute atomic E-state index is 0.0566. The van der Waals surface area contributed by atoms with E-state index in [1.165, 1.54) is 18.6 Å². The molecule has 3 aromatic rings. The van der Waals surface area contributed by atoms with Crippen LogP contribution in [-0.4, -0.2) is 93.3 Å². The summed E-state index contributed by atoms with van der Waals surface area (Å²) in [6.45, 7) is 6.73. The Balaban J connectivity index is 0.000000771. The predicted molar refractivity (Wildman–Crippen MR) is 211 cm³/mol. The van der Waals surface area contributed by atoms with Gasteiger partial charge in [-0.3, -0.25) is 39.0 Å². The zero-order valence-corrected chi connectivity index (χ0v) is 32.2. The van der Waals surface area contributed by atoms with Gasteiger partial charge in [-0.15, -0.1) is 0 Å². The first-order chi connectivity index (χ1) is 26.6. The molecule has 7 N–H and O–H groups in total. The average Bonchev–Trinajstić information content (AvgIpc) is 3.55. The molecule has 1 aliphatic carbocycles. The number of fused-ring (bicyclic) bond motifs is 2. The Labute approximate surface area is 327 Å². The number of amides is 6. The van der Waals surface area contributed by atoms with E-state index in [4.69, 9.17) is 5.73 Å². The number of para-hydroxylation sites is 1. The number of carbonyl (C=O) groups excluding carboxylic acids is 6. The van der Waals surface area contributed by atoms with Crippen LogP contribution in [0.5, 0.6) is 0 Å². The highest BCUT2D eigenvalue weighted by Crippen LogP contribution is 2.39. The Hall–Kier alpha value is -5.47. The number of nitrogens with zero attached hydrogens (tertiary/aromatic N) is 2. The van der Waals surface area contributed by atoms with Crippen LogP contribution in [-0.2, 0) is 30.4 Å². The van der Waals surface area contributed by atoms with Gasteiger partial charge in [0.25, 0.3) is 17.7 Å². The average molecular weight is 768 g/mol.